The van der Waals surface area contributed by atoms with Crippen molar-refractivity contribution in [3.8, 4) is 6.07 Å². The SMILES string of the molecule is COCCOC(=O)/C(C#N)=C\c1cc2c(cc1Cl)N(C)C(C)(C)CC2C. The minimum atomic E-state index is -0.676. The van der Waals surface area contributed by atoms with E-state index in [1.807, 2.05) is 18.2 Å². The van der Waals surface area contributed by atoms with Crippen molar-refractivity contribution in [1.29, 1.82) is 5.26 Å². The Balaban J connectivity index is 2.38. The van der Waals surface area contributed by atoms with Gasteiger partial charge in [0, 0.05) is 30.4 Å². The summed E-state index contributed by atoms with van der Waals surface area (Å²) in [7, 11) is 3.58. The van der Waals surface area contributed by atoms with Crippen molar-refractivity contribution in [2.24, 2.45) is 0 Å². The Morgan fingerprint density at radius 2 is 2.15 bits per heavy atom. The number of carbonyl (C=O) groups excluding carboxylic acids is 1. The summed E-state index contributed by atoms with van der Waals surface area (Å²) in [6.45, 7) is 6.97. The van der Waals surface area contributed by atoms with Crippen molar-refractivity contribution in [3.05, 3.63) is 33.9 Å². The summed E-state index contributed by atoms with van der Waals surface area (Å²) in [6.07, 6.45) is 2.50. The Morgan fingerprint density at radius 3 is 2.77 bits per heavy atom. The Hall–Kier alpha value is -2.03. The highest BCUT2D eigenvalue weighted by atomic mass is 35.5. The molecule has 140 valence electrons. The van der Waals surface area contributed by atoms with Gasteiger partial charge in [0.2, 0.25) is 0 Å². The van der Waals surface area contributed by atoms with E-state index in [0.717, 1.165) is 17.7 Å². The quantitative estimate of drug-likeness (QED) is 0.334. The van der Waals surface area contributed by atoms with Gasteiger partial charge in [0.1, 0.15) is 18.2 Å². The monoisotopic (exact) mass is 376 g/mol. The van der Waals surface area contributed by atoms with Gasteiger partial charge in [-0.05, 0) is 55.5 Å². The van der Waals surface area contributed by atoms with E-state index in [-0.39, 0.29) is 24.3 Å². The molecule has 0 aromatic heterocycles. The van der Waals surface area contributed by atoms with E-state index in [1.54, 1.807) is 0 Å². The highest BCUT2D eigenvalue weighted by Crippen LogP contribution is 2.44. The number of hydrogen-bond donors (Lipinski definition) is 0. The van der Waals surface area contributed by atoms with Gasteiger partial charge in [-0.3, -0.25) is 0 Å². The molecule has 5 nitrogen and oxygen atoms in total. The number of ether oxygens (including phenoxy) is 2. The zero-order chi connectivity index (χ0) is 19.5. The Labute approximate surface area is 160 Å². The zero-order valence-electron chi connectivity index (χ0n) is 15.9. The van der Waals surface area contributed by atoms with Crippen LogP contribution in [0.25, 0.3) is 6.08 Å². The second kappa shape index (κ2) is 8.11. The maximum absolute atomic E-state index is 12.0. The molecule has 1 aromatic rings. The van der Waals surface area contributed by atoms with Crippen LogP contribution in [0.15, 0.2) is 17.7 Å². The van der Waals surface area contributed by atoms with Gasteiger partial charge in [-0.2, -0.15) is 5.26 Å². The van der Waals surface area contributed by atoms with E-state index in [1.165, 1.54) is 13.2 Å². The predicted molar refractivity (Wildman–Crippen MR) is 103 cm³/mol. The molecule has 1 atom stereocenters. The van der Waals surface area contributed by atoms with Gasteiger partial charge in [-0.15, -0.1) is 0 Å². The van der Waals surface area contributed by atoms with E-state index in [2.05, 4.69) is 32.7 Å². The fourth-order valence-corrected chi connectivity index (χ4v) is 3.52. The van der Waals surface area contributed by atoms with Gasteiger partial charge in [0.25, 0.3) is 0 Å². The molecular weight excluding hydrogens is 352 g/mol. The summed E-state index contributed by atoms with van der Waals surface area (Å²) in [5.74, 6) is -0.329. The first-order valence-electron chi connectivity index (χ1n) is 8.56. The number of carbonyl (C=O) groups is 1. The van der Waals surface area contributed by atoms with E-state index < -0.39 is 5.97 Å². The van der Waals surface area contributed by atoms with Gasteiger partial charge in [-0.1, -0.05) is 18.5 Å². The highest BCUT2D eigenvalue weighted by Gasteiger charge is 2.34. The maximum atomic E-state index is 12.0. The first-order valence-corrected chi connectivity index (χ1v) is 8.94. The third-order valence-corrected chi connectivity index (χ3v) is 5.24. The van der Waals surface area contributed by atoms with Crippen LogP contribution >= 0.6 is 11.6 Å². The molecule has 1 aliphatic heterocycles. The van der Waals surface area contributed by atoms with Gasteiger partial charge < -0.3 is 14.4 Å². The molecule has 0 N–H and O–H groups in total. The molecule has 1 aromatic carbocycles. The molecule has 1 unspecified atom stereocenters. The number of nitriles is 1. The number of benzene rings is 1. The van der Waals surface area contributed by atoms with E-state index in [0.29, 0.717) is 16.5 Å². The summed E-state index contributed by atoms with van der Waals surface area (Å²) < 4.78 is 9.86. The van der Waals surface area contributed by atoms with Crippen LogP contribution in [0.2, 0.25) is 5.02 Å². The molecule has 0 radical (unpaired) electrons. The lowest BCUT2D eigenvalue weighted by atomic mass is 9.80. The lowest BCUT2D eigenvalue weighted by Gasteiger charge is -2.45. The summed E-state index contributed by atoms with van der Waals surface area (Å²) >= 11 is 6.45. The minimum absolute atomic E-state index is 0.0378. The second-order valence-electron chi connectivity index (χ2n) is 7.21. The largest absolute Gasteiger partial charge is 0.459 e. The average molecular weight is 377 g/mol. The first-order chi connectivity index (χ1) is 12.2. The molecule has 0 bridgehead atoms. The molecule has 0 fully saturated rings. The molecule has 0 aliphatic carbocycles. The van der Waals surface area contributed by atoms with E-state index in [4.69, 9.17) is 21.1 Å². The molecule has 0 saturated heterocycles. The lowest BCUT2D eigenvalue weighted by molar-refractivity contribution is -0.139. The summed E-state index contributed by atoms with van der Waals surface area (Å²) in [5, 5.41) is 9.80. The van der Waals surface area contributed by atoms with Gasteiger partial charge in [-0.25, -0.2) is 4.79 Å². The third kappa shape index (κ3) is 4.20. The number of halogens is 1. The maximum Gasteiger partial charge on any atom is 0.348 e. The predicted octanol–water partition coefficient (Wildman–Crippen LogP) is 4.16. The molecule has 0 spiro atoms. The summed E-state index contributed by atoms with van der Waals surface area (Å²) in [6, 6.07) is 5.77. The second-order valence-corrected chi connectivity index (χ2v) is 7.61. The van der Waals surface area contributed by atoms with E-state index in [9.17, 15) is 10.1 Å². The lowest BCUT2D eigenvalue weighted by Crippen LogP contribution is -2.45. The van der Waals surface area contributed by atoms with Gasteiger partial charge >= 0.3 is 5.97 Å². The van der Waals surface area contributed by atoms with Crippen molar-refractivity contribution >= 4 is 29.3 Å². The normalized spacial score (nSPS) is 18.9. The molecule has 1 heterocycles. The molecule has 2 rings (SSSR count). The summed E-state index contributed by atoms with van der Waals surface area (Å²) in [4.78, 5) is 14.3. The average Bonchev–Trinajstić information content (AvgIpc) is 2.58. The molecule has 1 aliphatic rings. The molecule has 0 amide bonds. The molecule has 6 heteroatoms. The van der Waals surface area contributed by atoms with Crippen molar-refractivity contribution in [2.75, 3.05) is 32.3 Å². The van der Waals surface area contributed by atoms with Gasteiger partial charge in [0.05, 0.1) is 6.61 Å². The fraction of sp³-hybridized carbons (Fsp3) is 0.500. The fourth-order valence-electron chi connectivity index (χ4n) is 3.30. The number of rotatable bonds is 5. The Morgan fingerprint density at radius 1 is 1.46 bits per heavy atom. The van der Waals surface area contributed by atoms with Crippen LogP contribution in [-0.2, 0) is 14.3 Å². The number of anilines is 1. The number of hydrogen-bond acceptors (Lipinski definition) is 5. The number of esters is 1. The minimum Gasteiger partial charge on any atom is -0.459 e. The number of fused-ring (bicyclic) bond motifs is 1. The molecule has 26 heavy (non-hydrogen) atoms. The van der Waals surface area contributed by atoms with Crippen LogP contribution in [-0.4, -0.2) is 38.9 Å². The van der Waals surface area contributed by atoms with Crippen LogP contribution in [0.3, 0.4) is 0 Å². The van der Waals surface area contributed by atoms with E-state index >= 15 is 0 Å². The Bertz CT molecular complexity index is 765. The standard InChI is InChI=1S/C20H25ClN2O3/c1-13-11-20(2,3)23(4)18-10-17(21)14(9-16(13)18)8-15(12-22)19(24)26-7-6-25-5/h8-10,13H,6-7,11H2,1-5H3/b15-8-. The number of methoxy groups -OCH3 is 1. The van der Waals surface area contributed by atoms with Crippen LogP contribution in [0.4, 0.5) is 5.69 Å². The van der Waals surface area contributed by atoms with Gasteiger partial charge in [0.15, 0.2) is 0 Å². The smallest absolute Gasteiger partial charge is 0.348 e. The first kappa shape index (κ1) is 20.3. The topological polar surface area (TPSA) is 62.6 Å². The van der Waals surface area contributed by atoms with Crippen molar-refractivity contribution < 1.29 is 14.3 Å². The van der Waals surface area contributed by atoms with Crippen LogP contribution in [0, 0.1) is 11.3 Å². The third-order valence-electron chi connectivity index (χ3n) is 4.91. The molecule has 0 saturated carbocycles. The van der Waals surface area contributed by atoms with Crippen LogP contribution in [0.5, 0.6) is 0 Å². The highest BCUT2D eigenvalue weighted by molar-refractivity contribution is 6.32. The van der Waals surface area contributed by atoms with Crippen molar-refractivity contribution in [3.63, 3.8) is 0 Å². The molecular formula is C20H25ClN2O3. The van der Waals surface area contributed by atoms with Crippen molar-refractivity contribution in [2.45, 2.75) is 38.6 Å². The Kier molecular flexibility index (Phi) is 6.33. The van der Waals surface area contributed by atoms with Crippen LogP contribution < -0.4 is 4.90 Å². The number of nitrogens with zero attached hydrogens (tertiary/aromatic N) is 2. The summed E-state index contributed by atoms with van der Waals surface area (Å²) in [5.41, 5.74) is 2.84. The zero-order valence-corrected chi connectivity index (χ0v) is 16.7. The van der Waals surface area contributed by atoms with Crippen molar-refractivity contribution in [1.82, 2.24) is 0 Å². The van der Waals surface area contributed by atoms with Crippen LogP contribution in [0.1, 0.15) is 44.2 Å².